The highest BCUT2D eigenvalue weighted by Crippen LogP contribution is 2.64. The zero-order valence-electron chi connectivity index (χ0n) is 9.67. The minimum absolute atomic E-state index is 0.0105. The Hall–Kier alpha value is -1.03. The standard InChI is InChI=1S/C13H17NO3/c1-5(14)13(15)17-9-3-6-2-8(9)11-7(6)4-10-12(11)16-10/h6-12H,1-4,14H2. The van der Waals surface area contributed by atoms with Crippen LogP contribution in [0.4, 0.5) is 0 Å². The largest absolute Gasteiger partial charge is 0.457 e. The topological polar surface area (TPSA) is 64.9 Å². The average molecular weight is 235 g/mol. The van der Waals surface area contributed by atoms with E-state index in [9.17, 15) is 4.79 Å². The third kappa shape index (κ3) is 1.25. The molecule has 0 radical (unpaired) electrons. The van der Waals surface area contributed by atoms with Crippen LogP contribution in [0.1, 0.15) is 19.3 Å². The fourth-order valence-corrected chi connectivity index (χ4v) is 4.60. The predicted octanol–water partition coefficient (Wildman–Crippen LogP) is 0.814. The monoisotopic (exact) mass is 235 g/mol. The van der Waals surface area contributed by atoms with Gasteiger partial charge in [0.2, 0.25) is 0 Å². The molecule has 7 atom stereocenters. The molecule has 0 aromatic carbocycles. The lowest BCUT2D eigenvalue weighted by Gasteiger charge is -2.32. The Bertz CT molecular complexity index is 407. The minimum atomic E-state index is -0.439. The van der Waals surface area contributed by atoms with Crippen LogP contribution in [0.2, 0.25) is 0 Å². The fraction of sp³-hybridized carbons (Fsp3) is 0.769. The summed E-state index contributed by atoms with van der Waals surface area (Å²) in [5.41, 5.74) is 5.37. The number of epoxide rings is 1. The second-order valence-corrected chi connectivity index (χ2v) is 5.98. The van der Waals surface area contributed by atoms with Crippen molar-refractivity contribution in [2.45, 2.75) is 37.6 Å². The number of nitrogens with two attached hydrogens (primary N) is 1. The summed E-state index contributed by atoms with van der Waals surface area (Å²) >= 11 is 0. The van der Waals surface area contributed by atoms with Crippen molar-refractivity contribution in [3.63, 3.8) is 0 Å². The molecule has 2 bridgehead atoms. The average Bonchev–Trinajstić information content (AvgIpc) is 2.69. The molecular formula is C13H17NO3. The second kappa shape index (κ2) is 3.05. The van der Waals surface area contributed by atoms with E-state index in [1.54, 1.807) is 0 Å². The quantitative estimate of drug-likeness (QED) is 0.437. The van der Waals surface area contributed by atoms with Crippen LogP contribution >= 0.6 is 0 Å². The number of fused-ring (bicyclic) bond motifs is 7. The number of carbonyl (C=O) groups excluding carboxylic acids is 1. The molecule has 0 amide bonds. The van der Waals surface area contributed by atoms with Crippen LogP contribution in [-0.2, 0) is 14.3 Å². The number of rotatable bonds is 2. The maximum atomic E-state index is 11.5. The van der Waals surface area contributed by atoms with E-state index in [0.717, 1.165) is 18.3 Å². The molecular weight excluding hydrogens is 218 g/mol. The molecule has 3 saturated carbocycles. The molecule has 0 aromatic rings. The highest BCUT2D eigenvalue weighted by Gasteiger charge is 2.67. The van der Waals surface area contributed by atoms with Crippen molar-refractivity contribution in [2.24, 2.45) is 29.4 Å². The molecule has 4 fully saturated rings. The molecule has 0 spiro atoms. The first kappa shape index (κ1) is 9.95. The normalized spacial score (nSPS) is 53.1. The van der Waals surface area contributed by atoms with Gasteiger partial charge in [-0.2, -0.15) is 0 Å². The highest BCUT2D eigenvalue weighted by molar-refractivity contribution is 5.86. The van der Waals surface area contributed by atoms with Gasteiger partial charge in [0.1, 0.15) is 11.8 Å². The molecule has 1 heterocycles. The van der Waals surface area contributed by atoms with Crippen molar-refractivity contribution >= 4 is 5.97 Å². The lowest BCUT2D eigenvalue weighted by molar-refractivity contribution is -0.148. The Labute approximate surface area is 100 Å². The molecule has 4 rings (SSSR count). The summed E-state index contributed by atoms with van der Waals surface area (Å²) < 4.78 is 11.1. The van der Waals surface area contributed by atoms with E-state index in [4.69, 9.17) is 15.2 Å². The summed E-state index contributed by atoms with van der Waals surface area (Å²) in [6.45, 7) is 3.43. The second-order valence-electron chi connectivity index (χ2n) is 5.98. The van der Waals surface area contributed by atoms with Crippen molar-refractivity contribution in [1.82, 2.24) is 0 Å². The van der Waals surface area contributed by atoms with Gasteiger partial charge in [-0.25, -0.2) is 4.79 Å². The first-order valence-corrected chi connectivity index (χ1v) is 6.46. The zero-order chi connectivity index (χ0) is 11.7. The van der Waals surface area contributed by atoms with Crippen molar-refractivity contribution in [2.75, 3.05) is 0 Å². The maximum absolute atomic E-state index is 11.5. The van der Waals surface area contributed by atoms with Gasteiger partial charge >= 0.3 is 5.97 Å². The summed E-state index contributed by atoms with van der Waals surface area (Å²) in [6, 6.07) is 0. The number of hydrogen-bond donors (Lipinski definition) is 1. The molecule has 3 aliphatic carbocycles. The summed E-state index contributed by atoms with van der Waals surface area (Å²) in [5, 5.41) is 0. The van der Waals surface area contributed by atoms with E-state index >= 15 is 0 Å². The predicted molar refractivity (Wildman–Crippen MR) is 59.7 cm³/mol. The molecule has 7 unspecified atom stereocenters. The van der Waals surface area contributed by atoms with E-state index in [1.165, 1.54) is 12.8 Å². The molecule has 0 aromatic heterocycles. The fourth-order valence-electron chi connectivity index (χ4n) is 4.60. The Morgan fingerprint density at radius 2 is 2.12 bits per heavy atom. The van der Waals surface area contributed by atoms with E-state index < -0.39 is 5.97 Å². The van der Waals surface area contributed by atoms with Crippen LogP contribution < -0.4 is 5.73 Å². The Balaban J connectivity index is 1.50. The van der Waals surface area contributed by atoms with Crippen LogP contribution in [0.3, 0.4) is 0 Å². The maximum Gasteiger partial charge on any atom is 0.353 e. The molecule has 1 saturated heterocycles. The lowest BCUT2D eigenvalue weighted by atomic mass is 9.79. The molecule has 17 heavy (non-hydrogen) atoms. The summed E-state index contributed by atoms with van der Waals surface area (Å²) in [6.07, 6.45) is 4.51. The molecule has 1 aliphatic heterocycles. The third-order valence-electron chi connectivity index (χ3n) is 5.21. The van der Waals surface area contributed by atoms with Crippen molar-refractivity contribution < 1.29 is 14.3 Å². The number of ether oxygens (including phenoxy) is 2. The van der Waals surface area contributed by atoms with E-state index in [2.05, 4.69) is 6.58 Å². The summed E-state index contributed by atoms with van der Waals surface area (Å²) in [4.78, 5) is 11.5. The van der Waals surface area contributed by atoms with Crippen LogP contribution in [0.15, 0.2) is 12.3 Å². The van der Waals surface area contributed by atoms with Crippen LogP contribution in [-0.4, -0.2) is 24.3 Å². The molecule has 4 aliphatic rings. The molecule has 4 heteroatoms. The van der Waals surface area contributed by atoms with Gasteiger partial charge in [-0.15, -0.1) is 0 Å². The van der Waals surface area contributed by atoms with Crippen molar-refractivity contribution in [3.05, 3.63) is 12.3 Å². The van der Waals surface area contributed by atoms with Gasteiger partial charge in [0, 0.05) is 5.92 Å². The highest BCUT2D eigenvalue weighted by atomic mass is 16.6. The summed E-state index contributed by atoms with van der Waals surface area (Å²) in [5.74, 6) is 2.28. The van der Waals surface area contributed by atoms with Gasteiger partial charge in [-0.1, -0.05) is 6.58 Å². The first-order chi connectivity index (χ1) is 8.15. The van der Waals surface area contributed by atoms with Crippen LogP contribution in [0, 0.1) is 23.7 Å². The van der Waals surface area contributed by atoms with Crippen LogP contribution in [0.25, 0.3) is 0 Å². The van der Waals surface area contributed by atoms with Gasteiger partial charge < -0.3 is 15.2 Å². The van der Waals surface area contributed by atoms with Gasteiger partial charge in [0.25, 0.3) is 0 Å². The van der Waals surface area contributed by atoms with Gasteiger partial charge in [0.05, 0.1) is 12.2 Å². The number of carbonyl (C=O) groups is 1. The Morgan fingerprint density at radius 1 is 1.29 bits per heavy atom. The van der Waals surface area contributed by atoms with Gasteiger partial charge in [-0.3, -0.25) is 0 Å². The van der Waals surface area contributed by atoms with Gasteiger partial charge in [-0.05, 0) is 37.0 Å². The first-order valence-electron chi connectivity index (χ1n) is 6.46. The summed E-state index contributed by atoms with van der Waals surface area (Å²) in [7, 11) is 0. The smallest absolute Gasteiger partial charge is 0.353 e. The third-order valence-corrected chi connectivity index (χ3v) is 5.21. The zero-order valence-corrected chi connectivity index (χ0v) is 9.67. The number of hydrogen-bond acceptors (Lipinski definition) is 4. The lowest BCUT2D eigenvalue weighted by Crippen LogP contribution is -2.35. The Kier molecular flexibility index (Phi) is 1.78. The molecule has 2 N–H and O–H groups in total. The van der Waals surface area contributed by atoms with Gasteiger partial charge in [0.15, 0.2) is 0 Å². The van der Waals surface area contributed by atoms with Crippen LogP contribution in [0.5, 0.6) is 0 Å². The van der Waals surface area contributed by atoms with E-state index in [-0.39, 0.29) is 11.8 Å². The molecule has 92 valence electrons. The molecule has 4 nitrogen and oxygen atoms in total. The van der Waals surface area contributed by atoms with E-state index in [1.807, 2.05) is 0 Å². The number of esters is 1. The van der Waals surface area contributed by atoms with Crippen molar-refractivity contribution in [3.8, 4) is 0 Å². The van der Waals surface area contributed by atoms with Crippen molar-refractivity contribution in [1.29, 1.82) is 0 Å². The van der Waals surface area contributed by atoms with E-state index in [0.29, 0.717) is 24.0 Å². The Morgan fingerprint density at radius 3 is 2.88 bits per heavy atom. The minimum Gasteiger partial charge on any atom is -0.457 e. The SMILES string of the molecule is C=C(N)C(=O)OC1CC2CC1C1C2CC2OC21.